The molecule has 0 amide bonds. The van der Waals surface area contributed by atoms with Gasteiger partial charge in [0.2, 0.25) is 0 Å². The molecule has 0 radical (unpaired) electrons. The van der Waals surface area contributed by atoms with E-state index in [0.717, 1.165) is 38.4 Å². The van der Waals surface area contributed by atoms with Crippen molar-refractivity contribution < 1.29 is 0 Å². The molecule has 1 aliphatic rings. The number of nitriles is 1. The highest BCUT2D eigenvalue weighted by Gasteiger charge is 2.13. The number of hydrogen-bond donors (Lipinski definition) is 0. The molecule has 0 aromatic carbocycles. The van der Waals surface area contributed by atoms with E-state index in [-0.39, 0.29) is 24.8 Å². The van der Waals surface area contributed by atoms with E-state index in [9.17, 15) is 0 Å². The number of nitrogens with zero attached hydrogens (tertiary/aromatic N) is 4. The van der Waals surface area contributed by atoms with Crippen LogP contribution in [0.25, 0.3) is 0 Å². The molecule has 18 heavy (non-hydrogen) atoms. The lowest BCUT2D eigenvalue weighted by Crippen LogP contribution is -2.29. The third kappa shape index (κ3) is 4.34. The monoisotopic (exact) mass is 288 g/mol. The number of halogens is 2. The first-order valence-corrected chi connectivity index (χ1v) is 5.59. The van der Waals surface area contributed by atoms with E-state index >= 15 is 0 Å². The first-order chi connectivity index (χ1) is 7.79. The lowest BCUT2D eigenvalue weighted by Gasteiger charge is -2.21. The lowest BCUT2D eigenvalue weighted by atomic mass is 10.2. The standard InChI is InChI=1S/C12H16N4.2ClH/c1-15-5-2-6-16(8-7-15)12-9-11(10-13)3-4-14-12;;/h3-4,9H,2,5-8H2,1H3;2*1H. The quantitative estimate of drug-likeness (QED) is 0.792. The summed E-state index contributed by atoms with van der Waals surface area (Å²) in [5, 5.41) is 8.85. The molecule has 1 aromatic heterocycles. The van der Waals surface area contributed by atoms with Crippen LogP contribution in [0, 0.1) is 11.3 Å². The SMILES string of the molecule is CN1CCCN(c2cc(C#N)ccn2)CC1.Cl.Cl. The van der Waals surface area contributed by atoms with Gasteiger partial charge in [0, 0.05) is 25.8 Å². The molecule has 1 saturated heterocycles. The highest BCUT2D eigenvalue weighted by molar-refractivity contribution is 5.85. The van der Waals surface area contributed by atoms with Crippen molar-refractivity contribution in [2.75, 3.05) is 38.1 Å². The maximum absolute atomic E-state index is 8.85. The number of likely N-dealkylation sites (N-methyl/N-ethyl adjacent to an activating group) is 1. The fourth-order valence-electron chi connectivity index (χ4n) is 1.94. The second-order valence-corrected chi connectivity index (χ2v) is 4.16. The molecule has 1 aromatic rings. The fourth-order valence-corrected chi connectivity index (χ4v) is 1.94. The molecular weight excluding hydrogens is 271 g/mol. The van der Waals surface area contributed by atoms with Crippen molar-refractivity contribution in [1.82, 2.24) is 9.88 Å². The molecular formula is C12H18Cl2N4. The van der Waals surface area contributed by atoms with Crippen LogP contribution in [0.4, 0.5) is 5.82 Å². The number of aromatic nitrogens is 1. The number of rotatable bonds is 1. The first-order valence-electron chi connectivity index (χ1n) is 5.59. The zero-order chi connectivity index (χ0) is 11.4. The summed E-state index contributed by atoms with van der Waals surface area (Å²) < 4.78 is 0. The van der Waals surface area contributed by atoms with Gasteiger partial charge in [0.15, 0.2) is 0 Å². The molecule has 0 aliphatic carbocycles. The zero-order valence-electron chi connectivity index (χ0n) is 10.4. The summed E-state index contributed by atoms with van der Waals surface area (Å²) in [5.41, 5.74) is 0.683. The summed E-state index contributed by atoms with van der Waals surface area (Å²) in [7, 11) is 2.14. The second-order valence-electron chi connectivity index (χ2n) is 4.16. The molecule has 4 nitrogen and oxygen atoms in total. The Morgan fingerprint density at radius 1 is 1.22 bits per heavy atom. The van der Waals surface area contributed by atoms with Crippen molar-refractivity contribution in [1.29, 1.82) is 5.26 Å². The van der Waals surface area contributed by atoms with Crippen LogP contribution in [-0.4, -0.2) is 43.1 Å². The van der Waals surface area contributed by atoms with Crippen molar-refractivity contribution in [3.63, 3.8) is 0 Å². The zero-order valence-corrected chi connectivity index (χ0v) is 12.0. The van der Waals surface area contributed by atoms with Crippen molar-refractivity contribution in [2.24, 2.45) is 0 Å². The van der Waals surface area contributed by atoms with Gasteiger partial charge in [-0.25, -0.2) is 4.98 Å². The van der Waals surface area contributed by atoms with Gasteiger partial charge < -0.3 is 9.80 Å². The summed E-state index contributed by atoms with van der Waals surface area (Å²) >= 11 is 0. The number of hydrogen-bond acceptors (Lipinski definition) is 4. The normalized spacial score (nSPS) is 15.9. The van der Waals surface area contributed by atoms with Crippen LogP contribution in [0.3, 0.4) is 0 Å². The number of pyridine rings is 1. The molecule has 0 saturated carbocycles. The van der Waals surface area contributed by atoms with E-state index in [0.29, 0.717) is 5.56 Å². The van der Waals surface area contributed by atoms with Gasteiger partial charge in [-0.05, 0) is 32.1 Å². The van der Waals surface area contributed by atoms with Gasteiger partial charge in [-0.1, -0.05) is 0 Å². The molecule has 0 atom stereocenters. The topological polar surface area (TPSA) is 43.2 Å². The van der Waals surface area contributed by atoms with Crippen molar-refractivity contribution in [2.45, 2.75) is 6.42 Å². The Bertz CT molecular complexity index is 405. The second kappa shape index (κ2) is 8.15. The molecule has 0 spiro atoms. The maximum Gasteiger partial charge on any atom is 0.129 e. The molecule has 0 unspecified atom stereocenters. The van der Waals surface area contributed by atoms with Crippen LogP contribution >= 0.6 is 24.8 Å². The van der Waals surface area contributed by atoms with Crippen LogP contribution in [-0.2, 0) is 0 Å². The van der Waals surface area contributed by atoms with Gasteiger partial charge in [0.05, 0.1) is 11.6 Å². The summed E-state index contributed by atoms with van der Waals surface area (Å²) in [4.78, 5) is 8.92. The Morgan fingerprint density at radius 3 is 2.72 bits per heavy atom. The molecule has 0 bridgehead atoms. The molecule has 1 aliphatic heterocycles. The van der Waals surface area contributed by atoms with E-state index in [1.54, 1.807) is 12.3 Å². The van der Waals surface area contributed by atoms with Gasteiger partial charge in [-0.2, -0.15) is 5.26 Å². The van der Waals surface area contributed by atoms with Gasteiger partial charge in [0.25, 0.3) is 0 Å². The van der Waals surface area contributed by atoms with Crippen molar-refractivity contribution in [3.05, 3.63) is 23.9 Å². The Labute approximate surface area is 120 Å². The van der Waals surface area contributed by atoms with Crippen molar-refractivity contribution >= 4 is 30.6 Å². The predicted molar refractivity (Wildman–Crippen MR) is 77.8 cm³/mol. The van der Waals surface area contributed by atoms with Crippen LogP contribution in [0.2, 0.25) is 0 Å². The van der Waals surface area contributed by atoms with Crippen LogP contribution in [0.1, 0.15) is 12.0 Å². The fraction of sp³-hybridized carbons (Fsp3) is 0.500. The average Bonchev–Trinajstić information content (AvgIpc) is 2.54. The Hall–Kier alpha value is -1.02. The number of anilines is 1. The van der Waals surface area contributed by atoms with E-state index in [1.165, 1.54) is 0 Å². The van der Waals surface area contributed by atoms with Crippen LogP contribution in [0.15, 0.2) is 18.3 Å². The molecule has 1 fully saturated rings. The minimum Gasteiger partial charge on any atom is -0.355 e. The first kappa shape index (κ1) is 17.0. The third-order valence-corrected chi connectivity index (χ3v) is 2.92. The summed E-state index contributed by atoms with van der Waals surface area (Å²) in [6.07, 6.45) is 2.86. The molecule has 6 heteroatoms. The summed E-state index contributed by atoms with van der Waals surface area (Å²) in [6, 6.07) is 5.76. The largest absolute Gasteiger partial charge is 0.355 e. The Kier molecular flexibility index (Phi) is 7.69. The van der Waals surface area contributed by atoms with Gasteiger partial charge in [0.1, 0.15) is 5.82 Å². The van der Waals surface area contributed by atoms with Crippen LogP contribution < -0.4 is 4.90 Å². The minimum atomic E-state index is 0. The minimum absolute atomic E-state index is 0. The highest BCUT2D eigenvalue weighted by Crippen LogP contribution is 2.14. The molecule has 100 valence electrons. The van der Waals surface area contributed by atoms with Gasteiger partial charge in [-0.3, -0.25) is 0 Å². The molecule has 0 N–H and O–H groups in total. The van der Waals surface area contributed by atoms with Gasteiger partial charge in [-0.15, -0.1) is 24.8 Å². The van der Waals surface area contributed by atoms with Crippen LogP contribution in [0.5, 0.6) is 0 Å². The predicted octanol–water partition coefficient (Wildman–Crippen LogP) is 1.94. The van der Waals surface area contributed by atoms with E-state index in [1.807, 2.05) is 6.07 Å². The third-order valence-electron chi connectivity index (χ3n) is 2.92. The molecule has 2 rings (SSSR count). The Morgan fingerprint density at radius 2 is 2.00 bits per heavy atom. The van der Waals surface area contributed by atoms with E-state index in [2.05, 4.69) is 27.9 Å². The van der Waals surface area contributed by atoms with E-state index in [4.69, 9.17) is 5.26 Å². The molecule has 2 heterocycles. The lowest BCUT2D eigenvalue weighted by molar-refractivity contribution is 0.360. The van der Waals surface area contributed by atoms with Crippen molar-refractivity contribution in [3.8, 4) is 6.07 Å². The summed E-state index contributed by atoms with van der Waals surface area (Å²) in [6.45, 7) is 4.19. The van der Waals surface area contributed by atoms with Gasteiger partial charge >= 0.3 is 0 Å². The highest BCUT2D eigenvalue weighted by atomic mass is 35.5. The van der Waals surface area contributed by atoms with E-state index < -0.39 is 0 Å². The summed E-state index contributed by atoms with van der Waals surface area (Å²) in [5.74, 6) is 0.925. The Balaban J connectivity index is 0.00000144. The average molecular weight is 289 g/mol. The maximum atomic E-state index is 8.85. The smallest absolute Gasteiger partial charge is 0.129 e.